The first-order valence-corrected chi connectivity index (χ1v) is 6.63. The van der Waals surface area contributed by atoms with Gasteiger partial charge in [0.1, 0.15) is 12.7 Å². The molecule has 0 atom stereocenters. The molecule has 0 bridgehead atoms. The molecule has 21 heavy (non-hydrogen) atoms. The van der Waals surface area contributed by atoms with Crippen molar-refractivity contribution in [2.75, 3.05) is 5.32 Å². The topological polar surface area (TPSA) is 59.8 Å². The molecule has 104 valence electrons. The number of aromatic nitrogens is 3. The summed E-state index contributed by atoms with van der Waals surface area (Å²) in [6, 6.07) is 14.3. The van der Waals surface area contributed by atoms with Gasteiger partial charge in [0.15, 0.2) is 0 Å². The first kappa shape index (κ1) is 13.3. The molecule has 6 heteroatoms. The van der Waals surface area contributed by atoms with Crippen LogP contribution in [-0.4, -0.2) is 20.7 Å². The molecule has 0 saturated heterocycles. The molecule has 1 aromatic heterocycles. The van der Waals surface area contributed by atoms with Crippen molar-refractivity contribution in [3.63, 3.8) is 0 Å². The van der Waals surface area contributed by atoms with E-state index in [1.165, 1.54) is 0 Å². The van der Waals surface area contributed by atoms with Gasteiger partial charge in [-0.05, 0) is 36.4 Å². The minimum atomic E-state index is -0.238. The summed E-state index contributed by atoms with van der Waals surface area (Å²) in [5, 5.41) is 10.7. The standard InChI is InChI=1S/C15H11ClN4O/c16-14-4-2-1-3-13(14)15(21)19-11-5-7-12(8-6-11)20-9-17-18-10-20/h1-10H,(H,19,21). The van der Waals surface area contributed by atoms with Gasteiger partial charge in [0.2, 0.25) is 0 Å². The highest BCUT2D eigenvalue weighted by Gasteiger charge is 2.09. The summed E-state index contributed by atoms with van der Waals surface area (Å²) in [5.74, 6) is -0.238. The van der Waals surface area contributed by atoms with E-state index in [0.29, 0.717) is 16.3 Å². The highest BCUT2D eigenvalue weighted by molar-refractivity contribution is 6.34. The number of nitrogens with one attached hydrogen (secondary N) is 1. The number of carbonyl (C=O) groups excluding carboxylic acids is 1. The zero-order valence-corrected chi connectivity index (χ0v) is 11.7. The summed E-state index contributed by atoms with van der Waals surface area (Å²) in [5.41, 5.74) is 2.05. The molecular formula is C15H11ClN4O. The fraction of sp³-hybridized carbons (Fsp3) is 0. The molecular weight excluding hydrogens is 288 g/mol. The number of benzene rings is 2. The summed E-state index contributed by atoms with van der Waals surface area (Å²) >= 11 is 6.00. The van der Waals surface area contributed by atoms with Crippen LogP contribution in [0.3, 0.4) is 0 Å². The highest BCUT2D eigenvalue weighted by atomic mass is 35.5. The van der Waals surface area contributed by atoms with E-state index in [0.717, 1.165) is 5.69 Å². The van der Waals surface area contributed by atoms with Gasteiger partial charge in [0.05, 0.1) is 10.6 Å². The lowest BCUT2D eigenvalue weighted by Crippen LogP contribution is -2.12. The maximum absolute atomic E-state index is 12.1. The van der Waals surface area contributed by atoms with E-state index in [-0.39, 0.29) is 5.91 Å². The van der Waals surface area contributed by atoms with Crippen molar-refractivity contribution in [3.8, 4) is 5.69 Å². The predicted molar refractivity (Wildman–Crippen MR) is 80.8 cm³/mol. The average molecular weight is 299 g/mol. The van der Waals surface area contributed by atoms with Crippen molar-refractivity contribution >= 4 is 23.2 Å². The molecule has 0 aliphatic carbocycles. The second-order valence-corrected chi connectivity index (χ2v) is 4.76. The van der Waals surface area contributed by atoms with E-state index in [9.17, 15) is 4.79 Å². The number of rotatable bonds is 3. The summed E-state index contributed by atoms with van der Waals surface area (Å²) < 4.78 is 1.78. The molecule has 1 heterocycles. The van der Waals surface area contributed by atoms with Crippen LogP contribution in [0, 0.1) is 0 Å². The van der Waals surface area contributed by atoms with Gasteiger partial charge in [-0.2, -0.15) is 0 Å². The Morgan fingerprint density at radius 1 is 1.00 bits per heavy atom. The van der Waals surface area contributed by atoms with E-state index in [4.69, 9.17) is 11.6 Å². The van der Waals surface area contributed by atoms with Crippen LogP contribution in [-0.2, 0) is 0 Å². The Bertz CT molecular complexity index is 754. The van der Waals surface area contributed by atoms with Gasteiger partial charge in [-0.1, -0.05) is 23.7 Å². The molecule has 3 rings (SSSR count). The molecule has 1 N–H and O–H groups in total. The maximum atomic E-state index is 12.1. The molecule has 1 amide bonds. The van der Waals surface area contributed by atoms with Gasteiger partial charge < -0.3 is 5.32 Å². The zero-order valence-electron chi connectivity index (χ0n) is 10.9. The van der Waals surface area contributed by atoms with Crippen molar-refractivity contribution < 1.29 is 4.79 Å². The van der Waals surface area contributed by atoms with E-state index < -0.39 is 0 Å². The summed E-state index contributed by atoms with van der Waals surface area (Å²) in [4.78, 5) is 12.1. The van der Waals surface area contributed by atoms with Crippen molar-refractivity contribution in [3.05, 3.63) is 71.8 Å². The molecule has 3 aromatic rings. The minimum Gasteiger partial charge on any atom is -0.322 e. The molecule has 0 radical (unpaired) electrons. The number of amides is 1. The van der Waals surface area contributed by atoms with Crippen molar-refractivity contribution in [2.45, 2.75) is 0 Å². The van der Waals surface area contributed by atoms with Gasteiger partial charge in [0, 0.05) is 11.4 Å². The van der Waals surface area contributed by atoms with Crippen molar-refractivity contribution in [1.29, 1.82) is 0 Å². The molecule has 0 aliphatic heterocycles. The van der Waals surface area contributed by atoms with E-state index in [2.05, 4.69) is 15.5 Å². The number of hydrogen-bond acceptors (Lipinski definition) is 3. The fourth-order valence-electron chi connectivity index (χ4n) is 1.89. The maximum Gasteiger partial charge on any atom is 0.257 e. The Morgan fingerprint density at radius 2 is 1.67 bits per heavy atom. The molecule has 0 aliphatic rings. The van der Waals surface area contributed by atoms with Crippen LogP contribution in [0.2, 0.25) is 5.02 Å². The third-order valence-electron chi connectivity index (χ3n) is 2.96. The van der Waals surface area contributed by atoms with Crippen molar-refractivity contribution in [1.82, 2.24) is 14.8 Å². The van der Waals surface area contributed by atoms with Gasteiger partial charge in [-0.15, -0.1) is 10.2 Å². The van der Waals surface area contributed by atoms with Crippen LogP contribution in [0.5, 0.6) is 0 Å². The van der Waals surface area contributed by atoms with Crippen molar-refractivity contribution in [2.24, 2.45) is 0 Å². The lowest BCUT2D eigenvalue weighted by molar-refractivity contribution is 0.102. The van der Waals surface area contributed by atoms with E-state index in [1.807, 2.05) is 24.3 Å². The van der Waals surface area contributed by atoms with Gasteiger partial charge >= 0.3 is 0 Å². The zero-order chi connectivity index (χ0) is 14.7. The van der Waals surface area contributed by atoms with Crippen LogP contribution in [0.1, 0.15) is 10.4 Å². The lowest BCUT2D eigenvalue weighted by atomic mass is 10.2. The van der Waals surface area contributed by atoms with Gasteiger partial charge in [0.25, 0.3) is 5.91 Å². The Hall–Kier alpha value is -2.66. The lowest BCUT2D eigenvalue weighted by Gasteiger charge is -2.07. The Kier molecular flexibility index (Phi) is 3.66. The number of halogens is 1. The Labute approximate surface area is 126 Å². The summed E-state index contributed by atoms with van der Waals surface area (Å²) in [6.45, 7) is 0. The number of carbonyl (C=O) groups is 1. The van der Waals surface area contributed by atoms with Crippen LogP contribution < -0.4 is 5.32 Å². The number of hydrogen-bond donors (Lipinski definition) is 1. The smallest absolute Gasteiger partial charge is 0.257 e. The minimum absolute atomic E-state index is 0.238. The summed E-state index contributed by atoms with van der Waals surface area (Å²) in [7, 11) is 0. The SMILES string of the molecule is O=C(Nc1ccc(-n2cnnc2)cc1)c1ccccc1Cl. The molecule has 0 fully saturated rings. The number of nitrogens with zero attached hydrogens (tertiary/aromatic N) is 3. The molecule has 2 aromatic carbocycles. The number of anilines is 1. The van der Waals surface area contributed by atoms with Gasteiger partial charge in [-0.25, -0.2) is 0 Å². The van der Waals surface area contributed by atoms with Crippen LogP contribution in [0.25, 0.3) is 5.69 Å². The molecule has 0 spiro atoms. The van der Waals surface area contributed by atoms with Crippen LogP contribution in [0.4, 0.5) is 5.69 Å². The van der Waals surface area contributed by atoms with Crippen LogP contribution >= 0.6 is 11.6 Å². The normalized spacial score (nSPS) is 10.3. The Balaban J connectivity index is 1.77. The second kappa shape index (κ2) is 5.76. The van der Waals surface area contributed by atoms with Crippen LogP contribution in [0.15, 0.2) is 61.2 Å². The monoisotopic (exact) mass is 298 g/mol. The largest absolute Gasteiger partial charge is 0.322 e. The van der Waals surface area contributed by atoms with Gasteiger partial charge in [-0.3, -0.25) is 9.36 Å². The first-order valence-electron chi connectivity index (χ1n) is 6.25. The molecule has 0 unspecified atom stereocenters. The third-order valence-corrected chi connectivity index (χ3v) is 3.29. The molecule has 0 saturated carbocycles. The summed E-state index contributed by atoms with van der Waals surface area (Å²) in [6.07, 6.45) is 3.22. The second-order valence-electron chi connectivity index (χ2n) is 4.35. The Morgan fingerprint density at radius 3 is 2.33 bits per heavy atom. The third kappa shape index (κ3) is 2.93. The highest BCUT2D eigenvalue weighted by Crippen LogP contribution is 2.18. The quantitative estimate of drug-likeness (QED) is 0.808. The average Bonchev–Trinajstić information content (AvgIpc) is 3.02. The van der Waals surface area contributed by atoms with E-state index >= 15 is 0 Å². The van der Waals surface area contributed by atoms with E-state index in [1.54, 1.807) is 41.5 Å². The predicted octanol–water partition coefficient (Wildman–Crippen LogP) is 3.17. The first-order chi connectivity index (χ1) is 10.2. The fourth-order valence-corrected chi connectivity index (χ4v) is 2.12. The molecule has 5 nitrogen and oxygen atoms in total.